The SMILES string of the molecule is CC(C)c1oc(C2CCCN2C(=O)c2ccc(C(=O)O)o2)nc1-c1ccccc1. The number of furan rings is 1. The van der Waals surface area contributed by atoms with Gasteiger partial charge in [0.15, 0.2) is 5.76 Å². The highest BCUT2D eigenvalue weighted by molar-refractivity contribution is 5.94. The minimum Gasteiger partial charge on any atom is -0.475 e. The summed E-state index contributed by atoms with van der Waals surface area (Å²) in [6.07, 6.45) is 1.54. The van der Waals surface area contributed by atoms with Crippen LogP contribution >= 0.6 is 0 Å². The first-order valence-electron chi connectivity index (χ1n) is 9.66. The van der Waals surface area contributed by atoms with Gasteiger partial charge in [-0.05, 0) is 25.0 Å². The average molecular weight is 394 g/mol. The molecule has 3 heterocycles. The van der Waals surface area contributed by atoms with E-state index in [9.17, 15) is 9.59 Å². The molecule has 150 valence electrons. The van der Waals surface area contributed by atoms with Gasteiger partial charge in [-0.3, -0.25) is 4.79 Å². The third kappa shape index (κ3) is 3.55. The number of likely N-dealkylation sites (tertiary alicyclic amines) is 1. The Bertz CT molecular complexity index is 1030. The lowest BCUT2D eigenvalue weighted by molar-refractivity contribution is 0.0639. The van der Waals surface area contributed by atoms with Crippen LogP contribution in [-0.4, -0.2) is 33.4 Å². The Labute approximate surface area is 168 Å². The maximum atomic E-state index is 12.9. The van der Waals surface area contributed by atoms with Gasteiger partial charge in [0.05, 0.1) is 0 Å². The first-order valence-corrected chi connectivity index (χ1v) is 9.66. The summed E-state index contributed by atoms with van der Waals surface area (Å²) in [4.78, 5) is 30.4. The number of carboxylic acids is 1. The molecule has 1 aliphatic rings. The lowest BCUT2D eigenvalue weighted by Gasteiger charge is -2.21. The van der Waals surface area contributed by atoms with Crippen molar-refractivity contribution in [3.63, 3.8) is 0 Å². The molecule has 2 aromatic heterocycles. The molecule has 0 saturated carbocycles. The molecule has 4 rings (SSSR count). The van der Waals surface area contributed by atoms with Crippen LogP contribution in [0.3, 0.4) is 0 Å². The van der Waals surface area contributed by atoms with Gasteiger partial charge in [0.2, 0.25) is 11.7 Å². The summed E-state index contributed by atoms with van der Waals surface area (Å²) < 4.78 is 11.3. The Kier molecular flexibility index (Phi) is 4.96. The Balaban J connectivity index is 1.66. The molecule has 1 saturated heterocycles. The second kappa shape index (κ2) is 7.58. The number of carbonyl (C=O) groups is 2. The number of aromatic nitrogens is 1. The minimum atomic E-state index is -1.20. The van der Waals surface area contributed by atoms with Crippen molar-refractivity contribution in [3.05, 3.63) is 65.6 Å². The highest BCUT2D eigenvalue weighted by Crippen LogP contribution is 2.37. The highest BCUT2D eigenvalue weighted by atomic mass is 16.4. The zero-order valence-corrected chi connectivity index (χ0v) is 16.3. The van der Waals surface area contributed by atoms with Gasteiger partial charge in [0, 0.05) is 18.0 Å². The van der Waals surface area contributed by atoms with Crippen LogP contribution in [0.4, 0.5) is 0 Å². The number of benzene rings is 1. The predicted octanol–water partition coefficient (Wildman–Crippen LogP) is 4.73. The number of amides is 1. The summed E-state index contributed by atoms with van der Waals surface area (Å²) in [5.74, 6) is -0.378. The Hall–Kier alpha value is -3.35. The van der Waals surface area contributed by atoms with Crippen molar-refractivity contribution in [1.29, 1.82) is 0 Å². The molecule has 7 nitrogen and oxygen atoms in total. The third-order valence-corrected chi connectivity index (χ3v) is 5.07. The topological polar surface area (TPSA) is 96.8 Å². The van der Waals surface area contributed by atoms with Crippen molar-refractivity contribution in [2.45, 2.75) is 38.6 Å². The van der Waals surface area contributed by atoms with Gasteiger partial charge in [0.1, 0.15) is 17.5 Å². The van der Waals surface area contributed by atoms with Crippen LogP contribution in [0, 0.1) is 0 Å². The van der Waals surface area contributed by atoms with Crippen molar-refractivity contribution in [1.82, 2.24) is 9.88 Å². The van der Waals surface area contributed by atoms with E-state index in [0.717, 1.165) is 29.9 Å². The molecular weight excluding hydrogens is 372 g/mol. The second-order valence-electron chi connectivity index (χ2n) is 7.41. The Morgan fingerprint density at radius 3 is 2.48 bits per heavy atom. The molecule has 1 aliphatic heterocycles. The van der Waals surface area contributed by atoms with Crippen LogP contribution in [0.1, 0.15) is 71.4 Å². The summed E-state index contributed by atoms with van der Waals surface area (Å²) >= 11 is 0. The fourth-order valence-electron chi connectivity index (χ4n) is 3.66. The fourth-order valence-corrected chi connectivity index (χ4v) is 3.66. The quantitative estimate of drug-likeness (QED) is 0.672. The van der Waals surface area contributed by atoms with Crippen LogP contribution in [0.15, 0.2) is 51.3 Å². The molecule has 1 atom stereocenters. The van der Waals surface area contributed by atoms with Crippen LogP contribution in [0.25, 0.3) is 11.3 Å². The molecule has 1 aromatic carbocycles. The summed E-state index contributed by atoms with van der Waals surface area (Å²) in [5, 5.41) is 9.03. The predicted molar refractivity (Wildman–Crippen MR) is 105 cm³/mol. The number of oxazole rings is 1. The van der Waals surface area contributed by atoms with E-state index in [-0.39, 0.29) is 29.4 Å². The summed E-state index contributed by atoms with van der Waals surface area (Å²) in [6.45, 7) is 4.63. The van der Waals surface area contributed by atoms with E-state index in [1.165, 1.54) is 12.1 Å². The monoisotopic (exact) mass is 394 g/mol. The first kappa shape index (κ1) is 19.0. The molecule has 0 spiro atoms. The maximum absolute atomic E-state index is 12.9. The zero-order valence-electron chi connectivity index (χ0n) is 16.3. The van der Waals surface area contributed by atoms with Crippen LogP contribution in [0.2, 0.25) is 0 Å². The van der Waals surface area contributed by atoms with Crippen LogP contribution in [0.5, 0.6) is 0 Å². The van der Waals surface area contributed by atoms with Crippen LogP contribution < -0.4 is 0 Å². The minimum absolute atomic E-state index is 0.00761. The number of rotatable bonds is 5. The van der Waals surface area contributed by atoms with Crippen molar-refractivity contribution < 1.29 is 23.5 Å². The number of hydrogen-bond acceptors (Lipinski definition) is 5. The van der Waals surface area contributed by atoms with Gasteiger partial charge in [-0.15, -0.1) is 0 Å². The van der Waals surface area contributed by atoms with Gasteiger partial charge in [0.25, 0.3) is 5.91 Å². The summed E-state index contributed by atoms with van der Waals surface area (Å²) in [5.41, 5.74) is 1.76. The van der Waals surface area contributed by atoms with Crippen molar-refractivity contribution in [2.75, 3.05) is 6.54 Å². The highest BCUT2D eigenvalue weighted by Gasteiger charge is 2.36. The molecular formula is C22H22N2O5. The molecule has 1 amide bonds. The molecule has 29 heavy (non-hydrogen) atoms. The normalized spacial score (nSPS) is 16.5. The zero-order chi connectivity index (χ0) is 20.5. The second-order valence-corrected chi connectivity index (χ2v) is 7.41. The largest absolute Gasteiger partial charge is 0.475 e. The summed E-state index contributed by atoms with van der Waals surface area (Å²) in [6, 6.07) is 12.2. The van der Waals surface area contributed by atoms with Crippen LogP contribution in [-0.2, 0) is 0 Å². The Morgan fingerprint density at radius 1 is 1.10 bits per heavy atom. The van der Waals surface area contributed by atoms with Gasteiger partial charge in [-0.1, -0.05) is 44.2 Å². The molecule has 1 unspecified atom stereocenters. The smallest absolute Gasteiger partial charge is 0.371 e. The van der Waals surface area contributed by atoms with Crippen molar-refractivity contribution in [2.24, 2.45) is 0 Å². The number of carbonyl (C=O) groups excluding carboxylic acids is 1. The van der Waals surface area contributed by atoms with E-state index in [4.69, 9.17) is 18.9 Å². The van der Waals surface area contributed by atoms with Gasteiger partial charge < -0.3 is 18.8 Å². The summed E-state index contributed by atoms with van der Waals surface area (Å²) in [7, 11) is 0. The van der Waals surface area contributed by atoms with E-state index in [1.54, 1.807) is 4.90 Å². The van der Waals surface area contributed by atoms with E-state index in [1.807, 2.05) is 44.2 Å². The lowest BCUT2D eigenvalue weighted by atomic mass is 10.0. The van der Waals surface area contributed by atoms with Crippen molar-refractivity contribution >= 4 is 11.9 Å². The average Bonchev–Trinajstić information content (AvgIpc) is 3.46. The molecule has 1 N–H and O–H groups in total. The van der Waals surface area contributed by atoms with E-state index >= 15 is 0 Å². The number of hydrogen-bond donors (Lipinski definition) is 1. The molecule has 7 heteroatoms. The molecule has 0 radical (unpaired) electrons. The first-order chi connectivity index (χ1) is 14.0. The lowest BCUT2D eigenvalue weighted by Crippen LogP contribution is -2.30. The fraction of sp³-hybridized carbons (Fsp3) is 0.318. The third-order valence-electron chi connectivity index (χ3n) is 5.07. The van der Waals surface area contributed by atoms with E-state index in [2.05, 4.69) is 0 Å². The molecule has 0 aliphatic carbocycles. The van der Waals surface area contributed by atoms with Gasteiger partial charge in [-0.25, -0.2) is 9.78 Å². The van der Waals surface area contributed by atoms with E-state index in [0.29, 0.717) is 12.4 Å². The number of carboxylic acid groups (broad SMARTS) is 1. The van der Waals surface area contributed by atoms with E-state index < -0.39 is 5.97 Å². The number of nitrogens with zero attached hydrogens (tertiary/aromatic N) is 2. The number of aromatic carboxylic acids is 1. The molecule has 3 aromatic rings. The molecule has 1 fully saturated rings. The standard InChI is InChI=1S/C22H22N2O5/c1-13(2)19-18(14-7-4-3-5-8-14)23-20(29-19)15-9-6-12-24(15)21(25)16-10-11-17(28-16)22(26)27/h3-5,7-8,10-11,13,15H,6,9,12H2,1-2H3,(H,26,27). The molecule has 0 bridgehead atoms. The Morgan fingerprint density at radius 2 is 1.83 bits per heavy atom. The maximum Gasteiger partial charge on any atom is 0.371 e. The van der Waals surface area contributed by atoms with Crippen molar-refractivity contribution in [3.8, 4) is 11.3 Å². The van der Waals surface area contributed by atoms with Gasteiger partial charge in [-0.2, -0.15) is 0 Å². The van der Waals surface area contributed by atoms with Gasteiger partial charge >= 0.3 is 5.97 Å².